The molecule has 2 atom stereocenters. The smallest absolute Gasteiger partial charge is 0.160 e. The standard InChI is InChI=1S/C14H19NO2/c1-2-15-8-7-10-9-4-6-13(16)14(17)11(9)3-5-12(10)15/h4,6,10,12,16-17H,2-3,5,7-8H2,1H3/t10-,12+/m0/s1. The molecule has 0 radical (unpaired) electrons. The van der Waals surface area contributed by atoms with Crippen molar-refractivity contribution in [1.29, 1.82) is 0 Å². The molecule has 0 amide bonds. The van der Waals surface area contributed by atoms with Crippen LogP contribution in [0.25, 0.3) is 0 Å². The molecular weight excluding hydrogens is 214 g/mol. The highest BCUT2D eigenvalue weighted by Gasteiger charge is 2.38. The molecule has 0 aromatic heterocycles. The Balaban J connectivity index is 2.02. The molecule has 1 aromatic carbocycles. The van der Waals surface area contributed by atoms with Crippen molar-refractivity contribution in [3.8, 4) is 11.5 Å². The van der Waals surface area contributed by atoms with Crippen molar-refractivity contribution in [3.05, 3.63) is 23.3 Å². The summed E-state index contributed by atoms with van der Waals surface area (Å²) in [6.07, 6.45) is 3.16. The Morgan fingerprint density at radius 2 is 2.12 bits per heavy atom. The molecule has 1 aromatic rings. The summed E-state index contributed by atoms with van der Waals surface area (Å²) in [6.45, 7) is 4.49. The highest BCUT2D eigenvalue weighted by molar-refractivity contribution is 5.52. The second kappa shape index (κ2) is 3.91. The molecule has 3 nitrogen and oxygen atoms in total. The van der Waals surface area contributed by atoms with Gasteiger partial charge in [-0.1, -0.05) is 13.0 Å². The van der Waals surface area contributed by atoms with Gasteiger partial charge in [-0.05, 0) is 44.0 Å². The first kappa shape index (κ1) is 10.9. The predicted molar refractivity (Wildman–Crippen MR) is 66.5 cm³/mol. The van der Waals surface area contributed by atoms with Crippen LogP contribution in [0.15, 0.2) is 12.1 Å². The van der Waals surface area contributed by atoms with Gasteiger partial charge in [-0.25, -0.2) is 0 Å². The van der Waals surface area contributed by atoms with E-state index in [1.165, 1.54) is 12.0 Å². The fraction of sp³-hybridized carbons (Fsp3) is 0.571. The van der Waals surface area contributed by atoms with Gasteiger partial charge in [-0.2, -0.15) is 0 Å². The van der Waals surface area contributed by atoms with E-state index < -0.39 is 0 Å². The lowest BCUT2D eigenvalue weighted by atomic mass is 9.79. The molecule has 0 bridgehead atoms. The first-order valence-electron chi connectivity index (χ1n) is 6.50. The molecule has 0 saturated carbocycles. The van der Waals surface area contributed by atoms with Crippen molar-refractivity contribution in [3.63, 3.8) is 0 Å². The predicted octanol–water partition coefficient (Wildman–Crippen LogP) is 2.22. The molecule has 2 aliphatic rings. The van der Waals surface area contributed by atoms with E-state index in [1.54, 1.807) is 6.07 Å². The fourth-order valence-electron chi connectivity index (χ4n) is 3.60. The van der Waals surface area contributed by atoms with E-state index >= 15 is 0 Å². The zero-order valence-corrected chi connectivity index (χ0v) is 10.2. The first-order chi connectivity index (χ1) is 8.22. The molecule has 3 rings (SSSR count). The summed E-state index contributed by atoms with van der Waals surface area (Å²) in [4.78, 5) is 2.54. The SMILES string of the molecule is CCN1CC[C@H]2c3ccc(O)c(O)c3CC[C@H]21. The van der Waals surface area contributed by atoms with Crippen LogP contribution in [-0.4, -0.2) is 34.2 Å². The minimum atomic E-state index is 0.0209. The molecular formula is C14H19NO2. The minimum Gasteiger partial charge on any atom is -0.504 e. The van der Waals surface area contributed by atoms with Crippen LogP contribution >= 0.6 is 0 Å². The quantitative estimate of drug-likeness (QED) is 0.731. The highest BCUT2D eigenvalue weighted by atomic mass is 16.3. The van der Waals surface area contributed by atoms with Crippen LogP contribution < -0.4 is 0 Å². The lowest BCUT2D eigenvalue weighted by Crippen LogP contribution is -2.34. The number of nitrogens with zero attached hydrogens (tertiary/aromatic N) is 1. The zero-order valence-electron chi connectivity index (χ0n) is 10.2. The van der Waals surface area contributed by atoms with Gasteiger partial charge in [0.25, 0.3) is 0 Å². The maximum atomic E-state index is 9.92. The third kappa shape index (κ3) is 1.53. The number of benzene rings is 1. The molecule has 1 heterocycles. The van der Waals surface area contributed by atoms with E-state index in [0.29, 0.717) is 12.0 Å². The summed E-state index contributed by atoms with van der Waals surface area (Å²) < 4.78 is 0. The molecule has 17 heavy (non-hydrogen) atoms. The van der Waals surface area contributed by atoms with Gasteiger partial charge < -0.3 is 15.1 Å². The van der Waals surface area contributed by atoms with Crippen molar-refractivity contribution in [2.75, 3.05) is 13.1 Å². The normalized spacial score (nSPS) is 27.8. The lowest BCUT2D eigenvalue weighted by molar-refractivity contribution is 0.237. The maximum absolute atomic E-state index is 9.92. The molecule has 92 valence electrons. The summed E-state index contributed by atoms with van der Waals surface area (Å²) >= 11 is 0. The average molecular weight is 233 g/mol. The van der Waals surface area contributed by atoms with Crippen LogP contribution in [0.2, 0.25) is 0 Å². The first-order valence-corrected chi connectivity index (χ1v) is 6.50. The fourth-order valence-corrected chi connectivity index (χ4v) is 3.60. The third-order valence-corrected chi connectivity index (χ3v) is 4.45. The second-order valence-corrected chi connectivity index (χ2v) is 5.13. The van der Waals surface area contributed by atoms with E-state index in [-0.39, 0.29) is 11.5 Å². The Morgan fingerprint density at radius 1 is 1.29 bits per heavy atom. The molecule has 0 unspecified atom stereocenters. The Hall–Kier alpha value is -1.22. The van der Waals surface area contributed by atoms with E-state index in [9.17, 15) is 10.2 Å². The highest BCUT2D eigenvalue weighted by Crippen LogP contribution is 2.46. The Bertz CT molecular complexity index is 444. The third-order valence-electron chi connectivity index (χ3n) is 4.45. The van der Waals surface area contributed by atoms with Crippen LogP contribution in [0, 0.1) is 0 Å². The van der Waals surface area contributed by atoms with Crippen molar-refractivity contribution in [2.24, 2.45) is 0 Å². The van der Waals surface area contributed by atoms with Crippen molar-refractivity contribution < 1.29 is 10.2 Å². The largest absolute Gasteiger partial charge is 0.504 e. The lowest BCUT2D eigenvalue weighted by Gasteiger charge is -2.33. The van der Waals surface area contributed by atoms with Gasteiger partial charge in [0.15, 0.2) is 11.5 Å². The average Bonchev–Trinajstić information content (AvgIpc) is 2.76. The Morgan fingerprint density at radius 3 is 2.88 bits per heavy atom. The van der Waals surface area contributed by atoms with Crippen molar-refractivity contribution >= 4 is 0 Å². The van der Waals surface area contributed by atoms with Gasteiger partial charge >= 0.3 is 0 Å². The molecule has 0 spiro atoms. The number of hydrogen-bond acceptors (Lipinski definition) is 3. The molecule has 3 heteroatoms. The van der Waals surface area contributed by atoms with E-state index in [1.807, 2.05) is 6.07 Å². The number of likely N-dealkylation sites (N-methyl/N-ethyl adjacent to an activating group) is 1. The van der Waals surface area contributed by atoms with Crippen LogP contribution in [0.4, 0.5) is 0 Å². The zero-order chi connectivity index (χ0) is 12.0. The van der Waals surface area contributed by atoms with E-state index in [0.717, 1.165) is 31.5 Å². The summed E-state index contributed by atoms with van der Waals surface area (Å²) in [5.74, 6) is 0.675. The van der Waals surface area contributed by atoms with Gasteiger partial charge in [0.2, 0.25) is 0 Å². The second-order valence-electron chi connectivity index (χ2n) is 5.13. The van der Waals surface area contributed by atoms with Gasteiger partial charge in [0.1, 0.15) is 0 Å². The number of phenolic OH excluding ortho intramolecular Hbond substituents is 2. The number of aromatic hydroxyl groups is 2. The maximum Gasteiger partial charge on any atom is 0.160 e. The van der Waals surface area contributed by atoms with Crippen molar-refractivity contribution in [2.45, 2.75) is 38.1 Å². The molecule has 1 saturated heterocycles. The van der Waals surface area contributed by atoms with Crippen LogP contribution in [-0.2, 0) is 6.42 Å². The Kier molecular flexibility index (Phi) is 2.51. The molecule has 1 aliphatic heterocycles. The van der Waals surface area contributed by atoms with E-state index in [4.69, 9.17) is 0 Å². The number of phenols is 2. The van der Waals surface area contributed by atoms with Gasteiger partial charge in [-0.3, -0.25) is 0 Å². The van der Waals surface area contributed by atoms with Crippen LogP contribution in [0.3, 0.4) is 0 Å². The molecule has 1 fully saturated rings. The van der Waals surface area contributed by atoms with E-state index in [2.05, 4.69) is 11.8 Å². The summed E-state index contributed by atoms with van der Waals surface area (Å²) in [5, 5.41) is 19.5. The Labute approximate surface area is 102 Å². The van der Waals surface area contributed by atoms with Crippen LogP contribution in [0.1, 0.15) is 36.8 Å². The van der Waals surface area contributed by atoms with Crippen LogP contribution in [0.5, 0.6) is 11.5 Å². The number of likely N-dealkylation sites (tertiary alicyclic amines) is 1. The molecule has 1 aliphatic carbocycles. The summed E-state index contributed by atoms with van der Waals surface area (Å²) in [6, 6.07) is 4.27. The summed E-state index contributed by atoms with van der Waals surface area (Å²) in [7, 11) is 0. The topological polar surface area (TPSA) is 43.7 Å². The number of hydrogen-bond donors (Lipinski definition) is 2. The number of rotatable bonds is 1. The summed E-state index contributed by atoms with van der Waals surface area (Å²) in [5.41, 5.74) is 2.23. The molecule has 2 N–H and O–H groups in total. The minimum absolute atomic E-state index is 0.0209. The number of fused-ring (bicyclic) bond motifs is 3. The van der Waals surface area contributed by atoms with Gasteiger partial charge in [0.05, 0.1) is 0 Å². The monoisotopic (exact) mass is 233 g/mol. The van der Waals surface area contributed by atoms with Gasteiger partial charge in [0, 0.05) is 17.5 Å². The van der Waals surface area contributed by atoms with Crippen molar-refractivity contribution in [1.82, 2.24) is 4.90 Å². The van der Waals surface area contributed by atoms with Gasteiger partial charge in [-0.15, -0.1) is 0 Å².